The molecule has 1 unspecified atom stereocenters. The number of amides is 1. The van der Waals surface area contributed by atoms with Gasteiger partial charge in [0.1, 0.15) is 5.75 Å². The van der Waals surface area contributed by atoms with Crippen molar-refractivity contribution in [3.05, 3.63) is 29.8 Å². The first-order valence-corrected chi connectivity index (χ1v) is 5.48. The van der Waals surface area contributed by atoms with E-state index in [2.05, 4.69) is 5.32 Å². The van der Waals surface area contributed by atoms with Crippen LogP contribution in [0, 0.1) is 0 Å². The highest BCUT2D eigenvalue weighted by Gasteiger charge is 2.30. The van der Waals surface area contributed by atoms with E-state index in [4.69, 9.17) is 4.74 Å². The van der Waals surface area contributed by atoms with E-state index < -0.39 is 17.8 Å². The third kappa shape index (κ3) is 4.27. The van der Waals surface area contributed by atoms with Crippen molar-refractivity contribution in [2.45, 2.75) is 32.5 Å². The van der Waals surface area contributed by atoms with Gasteiger partial charge in [-0.1, -0.05) is 6.92 Å². The molecule has 0 fully saturated rings. The molecule has 0 bridgehead atoms. The average molecular weight is 261 g/mol. The summed E-state index contributed by atoms with van der Waals surface area (Å²) in [5.74, 6) is 0.0730. The summed E-state index contributed by atoms with van der Waals surface area (Å²) >= 11 is 0. The van der Waals surface area contributed by atoms with Gasteiger partial charge in [0, 0.05) is 6.04 Å². The van der Waals surface area contributed by atoms with Crippen LogP contribution >= 0.6 is 0 Å². The van der Waals surface area contributed by atoms with Crippen LogP contribution in [-0.2, 0) is 6.18 Å². The Morgan fingerprint density at radius 3 is 2.33 bits per heavy atom. The monoisotopic (exact) mass is 261 g/mol. The number of hydrogen-bond acceptors (Lipinski definition) is 2. The molecule has 0 saturated heterocycles. The van der Waals surface area contributed by atoms with E-state index >= 15 is 0 Å². The minimum absolute atomic E-state index is 0.0491. The van der Waals surface area contributed by atoms with Crippen molar-refractivity contribution in [1.82, 2.24) is 5.32 Å². The maximum Gasteiger partial charge on any atom is 0.416 e. The lowest BCUT2D eigenvalue weighted by molar-refractivity contribution is -0.137. The van der Waals surface area contributed by atoms with Gasteiger partial charge in [0.05, 0.1) is 5.56 Å². The average Bonchev–Trinajstić information content (AvgIpc) is 2.28. The maximum absolute atomic E-state index is 12.3. The fraction of sp³-hybridized carbons (Fsp3) is 0.417. The first-order chi connectivity index (χ1) is 8.32. The topological polar surface area (TPSA) is 38.3 Å². The number of carbonyl (C=O) groups excluding carboxylic acids is 1. The Morgan fingerprint density at radius 1 is 1.33 bits per heavy atom. The summed E-state index contributed by atoms with van der Waals surface area (Å²) in [7, 11) is 0. The summed E-state index contributed by atoms with van der Waals surface area (Å²) in [5, 5.41) is 2.54. The van der Waals surface area contributed by atoms with Crippen LogP contribution in [0.2, 0.25) is 0 Å². The minimum atomic E-state index is -4.39. The predicted molar refractivity (Wildman–Crippen MR) is 60.4 cm³/mol. The highest BCUT2D eigenvalue weighted by Crippen LogP contribution is 2.30. The van der Waals surface area contributed by atoms with Crippen molar-refractivity contribution in [1.29, 1.82) is 0 Å². The normalized spacial score (nSPS) is 12.9. The number of halogens is 3. The van der Waals surface area contributed by atoms with Crippen LogP contribution in [-0.4, -0.2) is 12.1 Å². The van der Waals surface area contributed by atoms with Gasteiger partial charge in [-0.25, -0.2) is 4.79 Å². The van der Waals surface area contributed by atoms with Gasteiger partial charge in [-0.2, -0.15) is 13.2 Å². The zero-order chi connectivity index (χ0) is 13.8. The van der Waals surface area contributed by atoms with Crippen LogP contribution in [0.5, 0.6) is 5.75 Å². The molecule has 0 saturated carbocycles. The van der Waals surface area contributed by atoms with Crippen LogP contribution in [0.3, 0.4) is 0 Å². The zero-order valence-electron chi connectivity index (χ0n) is 10.0. The van der Waals surface area contributed by atoms with Crippen molar-refractivity contribution in [2.75, 3.05) is 0 Å². The first kappa shape index (κ1) is 14.3. The Hall–Kier alpha value is -1.72. The molecule has 18 heavy (non-hydrogen) atoms. The predicted octanol–water partition coefficient (Wildman–Crippen LogP) is 3.59. The molecule has 1 rings (SSSR count). The van der Waals surface area contributed by atoms with Gasteiger partial charge in [0.2, 0.25) is 0 Å². The molecule has 0 aliphatic carbocycles. The largest absolute Gasteiger partial charge is 0.416 e. The Kier molecular flexibility index (Phi) is 4.58. The number of hydrogen-bond donors (Lipinski definition) is 1. The Bertz CT molecular complexity index is 401. The molecule has 100 valence electrons. The van der Waals surface area contributed by atoms with Gasteiger partial charge in [0.15, 0.2) is 0 Å². The van der Waals surface area contributed by atoms with E-state index in [1.165, 1.54) is 0 Å². The van der Waals surface area contributed by atoms with Gasteiger partial charge in [-0.15, -0.1) is 0 Å². The molecule has 0 heterocycles. The molecule has 0 aliphatic rings. The summed E-state index contributed by atoms with van der Waals surface area (Å²) in [6.07, 6.45) is -4.33. The zero-order valence-corrected chi connectivity index (χ0v) is 10.0. The lowest BCUT2D eigenvalue weighted by Gasteiger charge is -2.12. The van der Waals surface area contributed by atoms with Gasteiger partial charge in [-0.05, 0) is 37.6 Å². The summed E-state index contributed by atoms with van der Waals surface area (Å²) in [6.45, 7) is 3.69. The number of benzene rings is 1. The van der Waals surface area contributed by atoms with Crippen LogP contribution in [0.4, 0.5) is 18.0 Å². The summed E-state index contributed by atoms with van der Waals surface area (Å²) in [6, 6.07) is 3.91. The smallest absolute Gasteiger partial charge is 0.410 e. The van der Waals surface area contributed by atoms with E-state index in [-0.39, 0.29) is 11.8 Å². The molecular formula is C12H14F3NO2. The van der Waals surface area contributed by atoms with Crippen molar-refractivity contribution in [2.24, 2.45) is 0 Å². The molecular weight excluding hydrogens is 247 g/mol. The SMILES string of the molecule is CCC(C)NC(=O)Oc1ccc(C(F)(F)F)cc1. The molecule has 1 N–H and O–H groups in total. The number of carbonyl (C=O) groups is 1. The third-order valence-electron chi connectivity index (χ3n) is 2.37. The van der Waals surface area contributed by atoms with E-state index in [0.29, 0.717) is 0 Å². The van der Waals surface area contributed by atoms with Gasteiger partial charge < -0.3 is 10.1 Å². The second-order valence-corrected chi connectivity index (χ2v) is 3.87. The Labute approximate surface area is 103 Å². The molecule has 0 aliphatic heterocycles. The van der Waals surface area contributed by atoms with Gasteiger partial charge in [-0.3, -0.25) is 0 Å². The van der Waals surface area contributed by atoms with Crippen molar-refractivity contribution >= 4 is 6.09 Å². The second kappa shape index (κ2) is 5.75. The Balaban J connectivity index is 2.61. The fourth-order valence-corrected chi connectivity index (χ4v) is 1.15. The highest BCUT2D eigenvalue weighted by molar-refractivity contribution is 5.70. The second-order valence-electron chi connectivity index (χ2n) is 3.87. The van der Waals surface area contributed by atoms with E-state index in [9.17, 15) is 18.0 Å². The van der Waals surface area contributed by atoms with Crippen molar-refractivity contribution in [3.63, 3.8) is 0 Å². The molecule has 6 heteroatoms. The summed E-state index contributed by atoms with van der Waals surface area (Å²) in [4.78, 5) is 11.3. The van der Waals surface area contributed by atoms with E-state index in [1.807, 2.05) is 6.92 Å². The van der Waals surface area contributed by atoms with Crippen molar-refractivity contribution in [3.8, 4) is 5.75 Å². The van der Waals surface area contributed by atoms with Gasteiger partial charge >= 0.3 is 12.3 Å². The molecule has 1 amide bonds. The fourth-order valence-electron chi connectivity index (χ4n) is 1.15. The van der Waals surface area contributed by atoms with Crippen molar-refractivity contribution < 1.29 is 22.7 Å². The maximum atomic E-state index is 12.3. The lowest BCUT2D eigenvalue weighted by atomic mass is 10.2. The third-order valence-corrected chi connectivity index (χ3v) is 2.37. The lowest BCUT2D eigenvalue weighted by Crippen LogP contribution is -2.34. The Morgan fingerprint density at radius 2 is 1.89 bits per heavy atom. The van der Waals surface area contributed by atoms with Crippen LogP contribution in [0.25, 0.3) is 0 Å². The number of rotatable bonds is 3. The minimum Gasteiger partial charge on any atom is -0.410 e. The highest BCUT2D eigenvalue weighted by atomic mass is 19.4. The van der Waals surface area contributed by atoms with Crippen LogP contribution in [0.15, 0.2) is 24.3 Å². The summed E-state index contributed by atoms with van der Waals surface area (Å²) in [5.41, 5.74) is -0.780. The molecule has 0 radical (unpaired) electrons. The van der Waals surface area contributed by atoms with E-state index in [1.54, 1.807) is 6.92 Å². The molecule has 1 aromatic rings. The molecule has 1 atom stereocenters. The number of alkyl halides is 3. The molecule has 0 spiro atoms. The quantitative estimate of drug-likeness (QED) is 0.902. The standard InChI is InChI=1S/C12H14F3NO2/c1-3-8(2)16-11(17)18-10-6-4-9(5-7-10)12(13,14)15/h4-8H,3H2,1-2H3,(H,16,17). The van der Waals surface area contributed by atoms with Crippen LogP contribution < -0.4 is 10.1 Å². The van der Waals surface area contributed by atoms with E-state index in [0.717, 1.165) is 30.7 Å². The molecule has 3 nitrogen and oxygen atoms in total. The molecule has 0 aromatic heterocycles. The number of nitrogens with one attached hydrogen (secondary N) is 1. The molecule has 1 aromatic carbocycles. The number of ether oxygens (including phenoxy) is 1. The summed E-state index contributed by atoms with van der Waals surface area (Å²) < 4.78 is 41.7. The first-order valence-electron chi connectivity index (χ1n) is 5.48. The van der Waals surface area contributed by atoms with Crippen LogP contribution in [0.1, 0.15) is 25.8 Å². The van der Waals surface area contributed by atoms with Gasteiger partial charge in [0.25, 0.3) is 0 Å².